The van der Waals surface area contributed by atoms with Gasteiger partial charge in [0.15, 0.2) is 0 Å². The van der Waals surface area contributed by atoms with Gasteiger partial charge in [-0.25, -0.2) is 5.01 Å². The molecule has 5 rings (SSSR count). The first-order valence-electron chi connectivity index (χ1n) is 8.91. The van der Waals surface area contributed by atoms with Crippen molar-refractivity contribution in [2.75, 3.05) is 0 Å². The number of aryl methyl sites for hydroxylation is 1. The molecule has 8 nitrogen and oxygen atoms in total. The maximum atomic E-state index is 4.77. The third kappa shape index (κ3) is 3.40. The second-order valence-corrected chi connectivity index (χ2v) is 8.82. The molecule has 144 valence electrons. The van der Waals surface area contributed by atoms with Gasteiger partial charge in [0.1, 0.15) is 23.0 Å². The highest BCUT2D eigenvalue weighted by Crippen LogP contribution is 2.42. The topological polar surface area (TPSA) is 84.5 Å². The van der Waals surface area contributed by atoms with Crippen LogP contribution >= 0.6 is 23.1 Å². The lowest BCUT2D eigenvalue weighted by molar-refractivity contribution is 0.426. The molecule has 10 heteroatoms. The lowest BCUT2D eigenvalue weighted by Crippen LogP contribution is -2.31. The lowest BCUT2D eigenvalue weighted by Gasteiger charge is -2.25. The molecule has 2 aromatic heterocycles. The van der Waals surface area contributed by atoms with E-state index < -0.39 is 0 Å². The normalized spacial score (nSPS) is 17.2. The first-order valence-corrected chi connectivity index (χ1v) is 10.6. The molecule has 0 saturated heterocycles. The highest BCUT2D eigenvalue weighted by Gasteiger charge is 2.33. The number of aromatic nitrogens is 5. The van der Waals surface area contributed by atoms with Crippen molar-refractivity contribution in [1.82, 2.24) is 30.0 Å². The highest BCUT2D eigenvalue weighted by molar-refractivity contribution is 8.14. The van der Waals surface area contributed by atoms with Crippen LogP contribution in [-0.2, 0) is 0 Å². The minimum atomic E-state index is -0.0729. The van der Waals surface area contributed by atoms with Crippen LogP contribution in [0.2, 0.25) is 0 Å². The van der Waals surface area contributed by atoms with Gasteiger partial charge < -0.3 is 0 Å². The predicted octanol–water partition coefficient (Wildman–Crippen LogP) is 4.21. The number of hydrazone groups is 1. The molecule has 1 atom stereocenters. The summed E-state index contributed by atoms with van der Waals surface area (Å²) < 4.78 is 1.75. The Labute approximate surface area is 175 Å². The number of aliphatic imine (C=N–C) groups is 1. The molecule has 1 unspecified atom stereocenters. The number of hydrogen-bond acceptors (Lipinski definition) is 8. The largest absolute Gasteiger partial charge is 0.256 e. The second-order valence-electron chi connectivity index (χ2n) is 6.39. The van der Waals surface area contributed by atoms with E-state index in [0.29, 0.717) is 11.1 Å². The summed E-state index contributed by atoms with van der Waals surface area (Å²) in [7, 11) is 0. The summed E-state index contributed by atoms with van der Waals surface area (Å²) in [5, 5.41) is 27.5. The van der Waals surface area contributed by atoms with E-state index in [4.69, 9.17) is 10.1 Å². The van der Waals surface area contributed by atoms with Gasteiger partial charge in [0.2, 0.25) is 11.1 Å². The zero-order valence-electron chi connectivity index (χ0n) is 15.7. The standard InChI is InChI=1S/C19H16N8S2/c1-12-23-24-18(29-12)22-19(26-10-20-21-11-26)27-17(28-13(2)25-27)16-9-5-7-14-6-3-4-8-15(14)16/h3-11,17H,1-2H3/b22-19-. The summed E-state index contributed by atoms with van der Waals surface area (Å²) in [4.78, 5) is 4.74. The van der Waals surface area contributed by atoms with Crippen LogP contribution in [-0.4, -0.2) is 41.0 Å². The molecule has 3 heterocycles. The van der Waals surface area contributed by atoms with Gasteiger partial charge in [-0.3, -0.25) is 4.57 Å². The molecule has 0 amide bonds. The van der Waals surface area contributed by atoms with Gasteiger partial charge >= 0.3 is 0 Å². The SMILES string of the molecule is CC1=NN(/C(=N\c2nnc(C)s2)n2cnnc2)C(c2cccc3ccccc23)S1. The van der Waals surface area contributed by atoms with Gasteiger partial charge in [-0.1, -0.05) is 65.6 Å². The Morgan fingerprint density at radius 1 is 1.00 bits per heavy atom. The molecule has 0 saturated carbocycles. The summed E-state index contributed by atoms with van der Waals surface area (Å²) >= 11 is 3.12. The van der Waals surface area contributed by atoms with Crippen molar-refractivity contribution in [3.05, 3.63) is 65.7 Å². The van der Waals surface area contributed by atoms with Crippen molar-refractivity contribution in [2.45, 2.75) is 19.2 Å². The zero-order chi connectivity index (χ0) is 19.8. The van der Waals surface area contributed by atoms with Crippen LogP contribution in [0.25, 0.3) is 10.8 Å². The van der Waals surface area contributed by atoms with E-state index in [0.717, 1.165) is 10.1 Å². The third-order valence-corrected chi connectivity index (χ3v) is 6.24. The van der Waals surface area contributed by atoms with E-state index in [9.17, 15) is 0 Å². The fourth-order valence-electron chi connectivity index (χ4n) is 3.20. The molecule has 0 aliphatic carbocycles. The van der Waals surface area contributed by atoms with Gasteiger partial charge in [0.05, 0.1) is 5.04 Å². The Hall–Kier alpha value is -3.11. The van der Waals surface area contributed by atoms with Crippen LogP contribution in [0.15, 0.2) is 65.2 Å². The Morgan fingerprint density at radius 2 is 1.79 bits per heavy atom. The summed E-state index contributed by atoms with van der Waals surface area (Å²) in [5.41, 5.74) is 1.17. The van der Waals surface area contributed by atoms with Gasteiger partial charge in [-0.15, -0.1) is 20.4 Å². The molecule has 1 aliphatic rings. The maximum Gasteiger partial charge on any atom is 0.237 e. The van der Waals surface area contributed by atoms with Crippen molar-refractivity contribution >= 4 is 50.0 Å². The van der Waals surface area contributed by atoms with Crippen molar-refractivity contribution in [1.29, 1.82) is 0 Å². The van der Waals surface area contributed by atoms with Crippen LogP contribution in [0.5, 0.6) is 0 Å². The second kappa shape index (κ2) is 7.37. The minimum absolute atomic E-state index is 0.0729. The van der Waals surface area contributed by atoms with Crippen molar-refractivity contribution in [3.63, 3.8) is 0 Å². The van der Waals surface area contributed by atoms with E-state index in [1.54, 1.807) is 29.0 Å². The number of hydrogen-bond donors (Lipinski definition) is 0. The van der Waals surface area contributed by atoms with E-state index >= 15 is 0 Å². The average Bonchev–Trinajstić information content (AvgIpc) is 3.47. The van der Waals surface area contributed by atoms with Crippen LogP contribution in [0.3, 0.4) is 0 Å². The van der Waals surface area contributed by atoms with Crippen LogP contribution in [0, 0.1) is 6.92 Å². The number of benzene rings is 2. The smallest absolute Gasteiger partial charge is 0.237 e. The Kier molecular flexibility index (Phi) is 4.57. The summed E-state index contributed by atoms with van der Waals surface area (Å²) in [6, 6.07) is 14.7. The third-order valence-electron chi connectivity index (χ3n) is 4.41. The first kappa shape index (κ1) is 18.0. The van der Waals surface area contributed by atoms with E-state index in [-0.39, 0.29) is 5.37 Å². The van der Waals surface area contributed by atoms with E-state index in [1.165, 1.54) is 27.7 Å². The number of rotatable bonds is 2. The van der Waals surface area contributed by atoms with Crippen LogP contribution in [0.1, 0.15) is 22.9 Å². The van der Waals surface area contributed by atoms with E-state index in [1.807, 2.05) is 18.9 Å². The molecule has 0 fully saturated rings. The van der Waals surface area contributed by atoms with Crippen molar-refractivity contribution < 1.29 is 0 Å². The van der Waals surface area contributed by atoms with E-state index in [2.05, 4.69) is 62.9 Å². The molecule has 2 aromatic carbocycles. The maximum absolute atomic E-state index is 4.77. The Morgan fingerprint density at radius 3 is 2.59 bits per heavy atom. The molecule has 0 radical (unpaired) electrons. The molecular weight excluding hydrogens is 404 g/mol. The van der Waals surface area contributed by atoms with Gasteiger partial charge in [-0.05, 0) is 30.2 Å². The molecule has 4 aromatic rings. The quantitative estimate of drug-likeness (QED) is 0.357. The number of fused-ring (bicyclic) bond motifs is 1. The van der Waals surface area contributed by atoms with Gasteiger partial charge in [0, 0.05) is 0 Å². The Bertz CT molecular complexity index is 1220. The van der Waals surface area contributed by atoms with Crippen LogP contribution in [0.4, 0.5) is 5.13 Å². The summed E-state index contributed by atoms with van der Waals surface area (Å²) in [6.45, 7) is 3.91. The lowest BCUT2D eigenvalue weighted by atomic mass is 10.0. The fourth-order valence-corrected chi connectivity index (χ4v) is 4.78. The molecular formula is C19H16N8S2. The highest BCUT2D eigenvalue weighted by atomic mass is 32.2. The molecule has 0 N–H and O–H groups in total. The number of nitrogens with zero attached hydrogens (tertiary/aromatic N) is 8. The summed E-state index contributed by atoms with van der Waals surface area (Å²) in [6.07, 6.45) is 3.22. The monoisotopic (exact) mass is 420 g/mol. The molecule has 29 heavy (non-hydrogen) atoms. The molecule has 0 bridgehead atoms. The number of thioether (sulfide) groups is 1. The van der Waals surface area contributed by atoms with Crippen molar-refractivity contribution in [3.8, 4) is 0 Å². The Balaban J connectivity index is 1.65. The van der Waals surface area contributed by atoms with Gasteiger partial charge in [-0.2, -0.15) is 10.1 Å². The summed E-state index contributed by atoms with van der Waals surface area (Å²) in [5.74, 6) is 0.577. The van der Waals surface area contributed by atoms with Crippen LogP contribution < -0.4 is 0 Å². The predicted molar refractivity (Wildman–Crippen MR) is 116 cm³/mol. The molecule has 0 spiro atoms. The average molecular weight is 421 g/mol. The minimum Gasteiger partial charge on any atom is -0.256 e. The molecule has 1 aliphatic heterocycles. The zero-order valence-corrected chi connectivity index (χ0v) is 17.3. The van der Waals surface area contributed by atoms with Crippen molar-refractivity contribution in [2.24, 2.45) is 10.1 Å². The van der Waals surface area contributed by atoms with Gasteiger partial charge in [0.25, 0.3) is 0 Å². The fraction of sp³-hybridized carbons (Fsp3) is 0.158. The first-order chi connectivity index (χ1) is 14.2.